The Morgan fingerprint density at radius 3 is 2.65 bits per heavy atom. The number of anilines is 1. The van der Waals surface area contributed by atoms with Crippen LogP contribution in [0.3, 0.4) is 0 Å². The van der Waals surface area contributed by atoms with Gasteiger partial charge in [0.15, 0.2) is 10.9 Å². The highest BCUT2D eigenvalue weighted by Gasteiger charge is 2.22. The number of Topliss-reactive ketones (excluding diaryl/α,β-unsaturated/α-hetero) is 1. The first-order chi connectivity index (χ1) is 11.0. The van der Waals surface area contributed by atoms with Crippen molar-refractivity contribution in [3.8, 4) is 0 Å². The Labute approximate surface area is 140 Å². The maximum Gasteiger partial charge on any atom is 0.257 e. The highest BCUT2D eigenvalue weighted by Crippen LogP contribution is 2.29. The summed E-state index contributed by atoms with van der Waals surface area (Å²) in [6.45, 7) is 4.35. The third-order valence-corrected chi connectivity index (χ3v) is 4.90. The third kappa shape index (κ3) is 3.67. The normalized spacial score (nSPS) is 14.0. The number of nitrogens with zero attached hydrogens (tertiary/aromatic N) is 1. The van der Waals surface area contributed by atoms with Crippen LogP contribution in [0, 0.1) is 5.92 Å². The van der Waals surface area contributed by atoms with Crippen LogP contribution >= 0.6 is 11.3 Å². The predicted molar refractivity (Wildman–Crippen MR) is 92.3 cm³/mol. The number of carbonyl (C=O) groups is 2. The fourth-order valence-corrected chi connectivity index (χ4v) is 3.73. The molecule has 1 aliphatic rings. The van der Waals surface area contributed by atoms with E-state index in [9.17, 15) is 9.59 Å². The lowest BCUT2D eigenvalue weighted by atomic mass is 10.0. The van der Waals surface area contributed by atoms with Gasteiger partial charge in [0.1, 0.15) is 0 Å². The van der Waals surface area contributed by atoms with Crippen LogP contribution in [0.1, 0.15) is 58.0 Å². The maximum atomic E-state index is 12.3. The fourth-order valence-electron chi connectivity index (χ4n) is 2.76. The van der Waals surface area contributed by atoms with Crippen LogP contribution in [-0.4, -0.2) is 16.7 Å². The van der Waals surface area contributed by atoms with E-state index in [0.717, 1.165) is 25.0 Å². The van der Waals surface area contributed by atoms with Crippen molar-refractivity contribution in [1.82, 2.24) is 4.98 Å². The fraction of sp³-hybridized carbons (Fsp3) is 0.389. The summed E-state index contributed by atoms with van der Waals surface area (Å²) < 4.78 is 0. The van der Waals surface area contributed by atoms with E-state index in [0.29, 0.717) is 27.9 Å². The van der Waals surface area contributed by atoms with Crippen LogP contribution in [0.25, 0.3) is 0 Å². The summed E-state index contributed by atoms with van der Waals surface area (Å²) in [6, 6.07) is 7.66. The smallest absolute Gasteiger partial charge is 0.257 e. The van der Waals surface area contributed by atoms with E-state index in [2.05, 4.69) is 24.1 Å². The van der Waals surface area contributed by atoms with Gasteiger partial charge in [-0.05, 0) is 42.9 Å². The number of thiazole rings is 1. The molecule has 0 saturated heterocycles. The molecule has 2 aromatic rings. The minimum absolute atomic E-state index is 0.141. The van der Waals surface area contributed by atoms with Crippen LogP contribution in [0.15, 0.2) is 24.3 Å². The zero-order valence-electron chi connectivity index (χ0n) is 13.4. The van der Waals surface area contributed by atoms with Crippen molar-refractivity contribution in [1.29, 1.82) is 0 Å². The molecule has 0 fully saturated rings. The second-order valence-electron chi connectivity index (χ2n) is 6.32. The number of benzene rings is 1. The quantitative estimate of drug-likeness (QED) is 0.918. The molecule has 0 unspecified atom stereocenters. The molecule has 0 bridgehead atoms. The second kappa shape index (κ2) is 6.62. The van der Waals surface area contributed by atoms with Gasteiger partial charge < -0.3 is 0 Å². The van der Waals surface area contributed by atoms with Gasteiger partial charge in [-0.3, -0.25) is 14.9 Å². The summed E-state index contributed by atoms with van der Waals surface area (Å²) in [5.74, 6) is 0.552. The number of carbonyl (C=O) groups excluding carboxylic acids is 2. The van der Waals surface area contributed by atoms with Gasteiger partial charge in [0.05, 0.1) is 10.6 Å². The van der Waals surface area contributed by atoms with Crippen molar-refractivity contribution >= 4 is 28.2 Å². The lowest BCUT2D eigenvalue weighted by Gasteiger charge is -2.06. The maximum absolute atomic E-state index is 12.3. The summed E-state index contributed by atoms with van der Waals surface area (Å²) in [5.41, 5.74) is 2.66. The first kappa shape index (κ1) is 15.9. The molecule has 5 heteroatoms. The van der Waals surface area contributed by atoms with Crippen LogP contribution < -0.4 is 5.32 Å². The van der Waals surface area contributed by atoms with Gasteiger partial charge in [0, 0.05) is 12.0 Å². The summed E-state index contributed by atoms with van der Waals surface area (Å²) in [4.78, 5) is 29.2. The molecule has 1 amide bonds. The Morgan fingerprint density at radius 1 is 1.26 bits per heavy atom. The second-order valence-corrected chi connectivity index (χ2v) is 7.32. The van der Waals surface area contributed by atoms with E-state index < -0.39 is 0 Å². The number of hydrogen-bond donors (Lipinski definition) is 1. The van der Waals surface area contributed by atoms with Crippen LogP contribution in [0.5, 0.6) is 0 Å². The first-order valence-corrected chi connectivity index (χ1v) is 8.78. The third-order valence-electron chi connectivity index (χ3n) is 3.85. The van der Waals surface area contributed by atoms with Crippen molar-refractivity contribution < 1.29 is 9.59 Å². The average molecular weight is 328 g/mol. The number of hydrogen-bond acceptors (Lipinski definition) is 4. The largest absolute Gasteiger partial charge is 0.298 e. The number of amides is 1. The molecule has 120 valence electrons. The summed E-state index contributed by atoms with van der Waals surface area (Å²) in [5, 5.41) is 3.33. The Kier molecular flexibility index (Phi) is 4.57. The number of ketones is 1. The monoisotopic (exact) mass is 328 g/mol. The molecule has 0 aliphatic heterocycles. The minimum Gasteiger partial charge on any atom is -0.298 e. The molecule has 23 heavy (non-hydrogen) atoms. The molecule has 0 spiro atoms. The topological polar surface area (TPSA) is 59.1 Å². The number of rotatable bonds is 4. The Bertz CT molecular complexity index is 732. The van der Waals surface area contributed by atoms with Crippen LogP contribution in [0.2, 0.25) is 0 Å². The van der Waals surface area contributed by atoms with Gasteiger partial charge >= 0.3 is 0 Å². The highest BCUT2D eigenvalue weighted by atomic mass is 32.1. The molecule has 4 nitrogen and oxygen atoms in total. The molecular formula is C18H20N2O2S. The SMILES string of the molecule is CC(C)Cc1ccc(C(=O)Nc2nc3c(s2)C(=O)CCC3)cc1. The van der Waals surface area contributed by atoms with Crippen molar-refractivity contribution in [2.45, 2.75) is 39.5 Å². The lowest BCUT2D eigenvalue weighted by molar-refractivity contribution is 0.0975. The molecule has 1 heterocycles. The molecular weight excluding hydrogens is 308 g/mol. The van der Waals surface area contributed by atoms with Gasteiger partial charge in [0.25, 0.3) is 5.91 Å². The van der Waals surface area contributed by atoms with E-state index in [-0.39, 0.29) is 11.7 Å². The van der Waals surface area contributed by atoms with Gasteiger partial charge in [-0.15, -0.1) is 0 Å². The highest BCUT2D eigenvalue weighted by molar-refractivity contribution is 7.17. The van der Waals surface area contributed by atoms with E-state index in [1.807, 2.05) is 24.3 Å². The molecule has 1 N–H and O–H groups in total. The van der Waals surface area contributed by atoms with Gasteiger partial charge in [-0.2, -0.15) is 0 Å². The standard InChI is InChI=1S/C18H20N2O2S/c1-11(2)10-12-6-8-13(9-7-12)17(22)20-18-19-14-4-3-5-15(21)16(14)23-18/h6-9,11H,3-5,10H2,1-2H3,(H,19,20,22). The van der Waals surface area contributed by atoms with E-state index >= 15 is 0 Å². The van der Waals surface area contributed by atoms with Crippen molar-refractivity contribution in [2.75, 3.05) is 5.32 Å². The Balaban J connectivity index is 1.70. The molecule has 1 aromatic heterocycles. The summed E-state index contributed by atoms with van der Waals surface area (Å²) in [6.07, 6.45) is 3.25. The molecule has 1 aromatic carbocycles. The first-order valence-electron chi connectivity index (χ1n) is 7.96. The van der Waals surface area contributed by atoms with Gasteiger partial charge in [0.2, 0.25) is 0 Å². The molecule has 0 atom stereocenters. The van der Waals surface area contributed by atoms with E-state index in [1.165, 1.54) is 16.9 Å². The zero-order chi connectivity index (χ0) is 16.4. The number of aromatic nitrogens is 1. The van der Waals surface area contributed by atoms with Crippen molar-refractivity contribution in [3.63, 3.8) is 0 Å². The Morgan fingerprint density at radius 2 is 2.00 bits per heavy atom. The van der Waals surface area contributed by atoms with Gasteiger partial charge in [-0.25, -0.2) is 4.98 Å². The van der Waals surface area contributed by atoms with Crippen LogP contribution in [-0.2, 0) is 12.8 Å². The van der Waals surface area contributed by atoms with Crippen molar-refractivity contribution in [2.24, 2.45) is 5.92 Å². The average Bonchev–Trinajstić information content (AvgIpc) is 2.91. The minimum atomic E-state index is -0.181. The van der Waals surface area contributed by atoms with Gasteiger partial charge in [-0.1, -0.05) is 37.3 Å². The summed E-state index contributed by atoms with van der Waals surface area (Å²) >= 11 is 1.29. The zero-order valence-corrected chi connectivity index (χ0v) is 14.2. The molecule has 0 saturated carbocycles. The van der Waals surface area contributed by atoms with E-state index in [4.69, 9.17) is 0 Å². The Hall–Kier alpha value is -2.01. The lowest BCUT2D eigenvalue weighted by Crippen LogP contribution is -2.12. The number of nitrogens with one attached hydrogen (secondary N) is 1. The van der Waals surface area contributed by atoms with Crippen LogP contribution in [0.4, 0.5) is 5.13 Å². The van der Waals surface area contributed by atoms with E-state index in [1.54, 1.807) is 0 Å². The molecule has 1 aliphatic carbocycles. The predicted octanol–water partition coefficient (Wildman–Crippen LogP) is 4.11. The molecule has 3 rings (SSSR count). The molecule has 0 radical (unpaired) electrons. The number of fused-ring (bicyclic) bond motifs is 1. The number of aryl methyl sites for hydroxylation is 1. The van der Waals surface area contributed by atoms with Crippen molar-refractivity contribution in [3.05, 3.63) is 46.0 Å². The summed E-state index contributed by atoms with van der Waals surface area (Å²) in [7, 11) is 0.